The summed E-state index contributed by atoms with van der Waals surface area (Å²) in [5.41, 5.74) is 5.05. The fourth-order valence-electron chi connectivity index (χ4n) is 1.99. The molecule has 0 atom stereocenters. The van der Waals surface area contributed by atoms with Crippen molar-refractivity contribution in [1.29, 1.82) is 0 Å². The average molecular weight is 282 g/mol. The number of aromatic nitrogens is 2. The molecule has 2 aromatic carbocycles. The number of carbonyl (C=O) groups is 1. The van der Waals surface area contributed by atoms with Crippen LogP contribution in [0, 0.1) is 0 Å². The zero-order valence-corrected chi connectivity index (χ0v) is 11.4. The molecule has 2 N–H and O–H groups in total. The van der Waals surface area contributed by atoms with Crippen LogP contribution in [-0.4, -0.2) is 22.8 Å². The van der Waals surface area contributed by atoms with Crippen LogP contribution in [0.5, 0.6) is 5.75 Å². The molecule has 0 aliphatic heterocycles. The molecular formula is C15H14N4O2. The minimum absolute atomic E-state index is 0.344. The molecule has 6 heteroatoms. The van der Waals surface area contributed by atoms with Crippen LogP contribution < -0.4 is 15.5 Å². The van der Waals surface area contributed by atoms with E-state index in [1.807, 2.05) is 24.3 Å². The summed E-state index contributed by atoms with van der Waals surface area (Å²) in [5.74, 6) is 0.738. The van der Waals surface area contributed by atoms with Crippen molar-refractivity contribution >= 4 is 22.8 Å². The zero-order chi connectivity index (χ0) is 14.7. The Morgan fingerprint density at radius 1 is 1.14 bits per heavy atom. The molecule has 0 saturated heterocycles. The van der Waals surface area contributed by atoms with Crippen molar-refractivity contribution in [3.63, 3.8) is 0 Å². The highest BCUT2D eigenvalue weighted by Crippen LogP contribution is 2.15. The number of carbonyl (C=O) groups excluding carboxylic acids is 1. The largest absolute Gasteiger partial charge is 0.497 e. The number of rotatable bonds is 3. The third-order valence-electron chi connectivity index (χ3n) is 3.02. The number of hydrogen-bond acceptors (Lipinski definition) is 3. The number of anilines is 1. The van der Waals surface area contributed by atoms with E-state index in [4.69, 9.17) is 4.74 Å². The summed E-state index contributed by atoms with van der Waals surface area (Å²) in [6, 6.07) is 14.3. The van der Waals surface area contributed by atoms with Crippen LogP contribution in [0.1, 0.15) is 0 Å². The molecular weight excluding hydrogens is 268 g/mol. The number of methoxy groups -OCH3 is 1. The van der Waals surface area contributed by atoms with Gasteiger partial charge in [-0.1, -0.05) is 12.1 Å². The number of imidazole rings is 1. The van der Waals surface area contributed by atoms with E-state index in [1.165, 1.54) is 0 Å². The van der Waals surface area contributed by atoms with Gasteiger partial charge in [0.2, 0.25) is 0 Å². The van der Waals surface area contributed by atoms with Crippen LogP contribution in [0.15, 0.2) is 54.9 Å². The lowest BCUT2D eigenvalue weighted by atomic mass is 10.3. The molecule has 0 radical (unpaired) electrons. The highest BCUT2D eigenvalue weighted by atomic mass is 16.5. The van der Waals surface area contributed by atoms with E-state index in [0.717, 1.165) is 16.8 Å². The number of hydrogen-bond donors (Lipinski definition) is 2. The first-order valence-corrected chi connectivity index (χ1v) is 6.40. The van der Waals surface area contributed by atoms with Crippen LogP contribution in [0.2, 0.25) is 0 Å². The van der Waals surface area contributed by atoms with Gasteiger partial charge in [-0.15, -0.1) is 0 Å². The second kappa shape index (κ2) is 5.54. The van der Waals surface area contributed by atoms with Crippen molar-refractivity contribution in [3.05, 3.63) is 54.9 Å². The standard InChI is InChI=1S/C15H14N4O2/c1-21-12-8-6-11(7-9-12)17-15(20)18-19-10-16-13-4-2-3-5-14(13)19/h2-10H,1H3,(H2,17,18,20). The first-order valence-electron chi connectivity index (χ1n) is 6.40. The van der Waals surface area contributed by atoms with E-state index in [2.05, 4.69) is 15.7 Å². The summed E-state index contributed by atoms with van der Waals surface area (Å²) in [5, 5.41) is 2.74. The highest BCUT2D eigenvalue weighted by Gasteiger charge is 2.06. The summed E-state index contributed by atoms with van der Waals surface area (Å²) in [6.07, 6.45) is 1.57. The van der Waals surface area contributed by atoms with Crippen molar-refractivity contribution in [2.24, 2.45) is 0 Å². The molecule has 21 heavy (non-hydrogen) atoms. The summed E-state index contributed by atoms with van der Waals surface area (Å²) in [7, 11) is 1.60. The van der Waals surface area contributed by atoms with Gasteiger partial charge in [-0.2, -0.15) is 0 Å². The summed E-state index contributed by atoms with van der Waals surface area (Å²) in [4.78, 5) is 16.2. The molecule has 0 bridgehead atoms. The fourth-order valence-corrected chi connectivity index (χ4v) is 1.99. The number of nitrogens with one attached hydrogen (secondary N) is 2. The van der Waals surface area contributed by atoms with Gasteiger partial charge in [0, 0.05) is 5.69 Å². The maximum Gasteiger partial charge on any atom is 0.338 e. The summed E-state index contributed by atoms with van der Waals surface area (Å²) >= 11 is 0. The molecule has 3 aromatic rings. The summed E-state index contributed by atoms with van der Waals surface area (Å²) in [6.45, 7) is 0. The Morgan fingerprint density at radius 2 is 1.90 bits per heavy atom. The maximum absolute atomic E-state index is 12.0. The minimum Gasteiger partial charge on any atom is -0.497 e. The predicted molar refractivity (Wildman–Crippen MR) is 81.1 cm³/mol. The van der Waals surface area contributed by atoms with Gasteiger partial charge in [-0.05, 0) is 36.4 Å². The van der Waals surface area contributed by atoms with Gasteiger partial charge >= 0.3 is 6.03 Å². The van der Waals surface area contributed by atoms with Crippen molar-refractivity contribution < 1.29 is 9.53 Å². The first kappa shape index (κ1) is 13.0. The first-order chi connectivity index (χ1) is 10.3. The van der Waals surface area contributed by atoms with Gasteiger partial charge in [-0.3, -0.25) is 0 Å². The molecule has 3 rings (SSSR count). The molecule has 0 saturated carbocycles. The second-order valence-corrected chi connectivity index (χ2v) is 4.40. The van der Waals surface area contributed by atoms with Crippen molar-refractivity contribution in [1.82, 2.24) is 9.66 Å². The quantitative estimate of drug-likeness (QED) is 0.776. The van der Waals surface area contributed by atoms with Crippen molar-refractivity contribution in [3.8, 4) is 5.75 Å². The van der Waals surface area contributed by atoms with Crippen LogP contribution in [0.4, 0.5) is 10.5 Å². The van der Waals surface area contributed by atoms with Gasteiger partial charge in [0.15, 0.2) is 0 Å². The molecule has 106 valence electrons. The number of urea groups is 1. The Morgan fingerprint density at radius 3 is 2.67 bits per heavy atom. The van der Waals surface area contributed by atoms with Crippen molar-refractivity contribution in [2.75, 3.05) is 17.9 Å². The Labute approximate surface area is 121 Å². The van der Waals surface area contributed by atoms with E-state index in [-0.39, 0.29) is 6.03 Å². The average Bonchev–Trinajstić information content (AvgIpc) is 2.91. The van der Waals surface area contributed by atoms with E-state index in [1.54, 1.807) is 42.4 Å². The van der Waals surface area contributed by atoms with Gasteiger partial charge in [0.25, 0.3) is 0 Å². The second-order valence-electron chi connectivity index (χ2n) is 4.40. The number of nitrogens with zero attached hydrogens (tertiary/aromatic N) is 2. The van der Waals surface area contributed by atoms with Crippen LogP contribution in [-0.2, 0) is 0 Å². The molecule has 2 amide bonds. The van der Waals surface area contributed by atoms with E-state index < -0.39 is 0 Å². The van der Waals surface area contributed by atoms with E-state index >= 15 is 0 Å². The number of ether oxygens (including phenoxy) is 1. The molecule has 0 unspecified atom stereocenters. The topological polar surface area (TPSA) is 68.2 Å². The van der Waals surface area contributed by atoms with Crippen LogP contribution in [0.3, 0.4) is 0 Å². The number of benzene rings is 2. The summed E-state index contributed by atoms with van der Waals surface area (Å²) < 4.78 is 6.64. The predicted octanol–water partition coefficient (Wildman–Crippen LogP) is 2.82. The van der Waals surface area contributed by atoms with Crippen LogP contribution in [0.25, 0.3) is 11.0 Å². The van der Waals surface area contributed by atoms with Gasteiger partial charge in [0.1, 0.15) is 12.1 Å². The molecule has 0 spiro atoms. The molecule has 0 aliphatic rings. The fraction of sp³-hybridized carbons (Fsp3) is 0.0667. The van der Waals surface area contributed by atoms with Gasteiger partial charge in [0.05, 0.1) is 18.1 Å². The van der Waals surface area contributed by atoms with Crippen LogP contribution >= 0.6 is 0 Å². The van der Waals surface area contributed by atoms with Crippen molar-refractivity contribution in [2.45, 2.75) is 0 Å². The monoisotopic (exact) mass is 282 g/mol. The molecule has 1 heterocycles. The van der Waals surface area contributed by atoms with Gasteiger partial charge in [-0.25, -0.2) is 19.9 Å². The Bertz CT molecular complexity index is 765. The lowest BCUT2D eigenvalue weighted by molar-refractivity contribution is 0.260. The smallest absolute Gasteiger partial charge is 0.338 e. The van der Waals surface area contributed by atoms with Gasteiger partial charge < -0.3 is 10.1 Å². The van der Waals surface area contributed by atoms with E-state index in [0.29, 0.717) is 5.69 Å². The molecule has 0 fully saturated rings. The van der Waals surface area contributed by atoms with E-state index in [9.17, 15) is 4.79 Å². The SMILES string of the molecule is COc1ccc(NC(=O)Nn2cnc3ccccc32)cc1. The highest BCUT2D eigenvalue weighted by molar-refractivity contribution is 5.96. The zero-order valence-electron chi connectivity index (χ0n) is 11.4. The maximum atomic E-state index is 12.0. The molecule has 6 nitrogen and oxygen atoms in total. The third kappa shape index (κ3) is 2.79. The Hall–Kier alpha value is -3.02. The third-order valence-corrected chi connectivity index (χ3v) is 3.02. The molecule has 0 aliphatic carbocycles. The lowest BCUT2D eigenvalue weighted by Gasteiger charge is -2.09. The molecule has 1 aromatic heterocycles. The Kier molecular flexibility index (Phi) is 3.42. The number of para-hydroxylation sites is 2. The lowest BCUT2D eigenvalue weighted by Crippen LogP contribution is -2.27. The number of amides is 2. The Balaban J connectivity index is 1.71. The minimum atomic E-state index is -0.344. The number of fused-ring (bicyclic) bond motifs is 1. The normalized spacial score (nSPS) is 10.3.